The minimum absolute atomic E-state index is 0.649. The molecule has 22 heavy (non-hydrogen) atoms. The highest BCUT2D eigenvalue weighted by Gasteiger charge is 2.18. The third kappa shape index (κ3) is 7.92. The van der Waals surface area contributed by atoms with Gasteiger partial charge in [-0.2, -0.15) is 0 Å². The normalized spacial score (nSPS) is 15.8. The van der Waals surface area contributed by atoms with Crippen molar-refractivity contribution in [1.29, 1.82) is 0 Å². The van der Waals surface area contributed by atoms with Gasteiger partial charge in [-0.25, -0.2) is 4.68 Å². The van der Waals surface area contributed by atoms with Gasteiger partial charge < -0.3 is 0 Å². The van der Waals surface area contributed by atoms with Crippen molar-refractivity contribution < 1.29 is 0 Å². The molecular formula is C18H38N4. The number of hydrogen-bond donors (Lipinski definition) is 0. The van der Waals surface area contributed by atoms with Crippen molar-refractivity contribution in [2.45, 2.75) is 80.8 Å². The van der Waals surface area contributed by atoms with Crippen molar-refractivity contribution >= 4 is 0 Å². The van der Waals surface area contributed by atoms with Crippen LogP contribution in [0.3, 0.4) is 0 Å². The first-order valence-electron chi connectivity index (χ1n) is 9.28. The molecule has 4 heteroatoms. The summed E-state index contributed by atoms with van der Waals surface area (Å²) in [4.78, 5) is 2.49. The Kier molecular flexibility index (Phi) is 12.1. The largest absolute Gasteiger partial charge is 0.284 e. The Balaban J connectivity index is 0.00000102. The summed E-state index contributed by atoms with van der Waals surface area (Å²) < 4.78 is 1.99. The minimum Gasteiger partial charge on any atom is -0.284 e. The molecule has 2 rings (SSSR count). The van der Waals surface area contributed by atoms with Crippen molar-refractivity contribution in [3.05, 3.63) is 11.9 Å². The van der Waals surface area contributed by atoms with E-state index in [0.29, 0.717) is 5.92 Å². The summed E-state index contributed by atoms with van der Waals surface area (Å²) in [5.41, 5.74) is 1.12. The maximum absolute atomic E-state index is 4.24. The van der Waals surface area contributed by atoms with E-state index < -0.39 is 0 Å². The Morgan fingerprint density at radius 1 is 1.14 bits per heavy atom. The van der Waals surface area contributed by atoms with E-state index in [4.69, 9.17) is 0 Å². The molecule has 1 aromatic rings. The fraction of sp³-hybridized carbons (Fsp3) is 0.889. The Labute approximate surface area is 138 Å². The predicted octanol–water partition coefficient (Wildman–Crippen LogP) is 4.61. The Morgan fingerprint density at radius 3 is 2.23 bits per heavy atom. The summed E-state index contributed by atoms with van der Waals surface area (Å²) in [6, 6.07) is 0. The molecule has 0 aromatic carbocycles. The molecular weight excluding hydrogens is 272 g/mol. The number of nitrogens with zero attached hydrogens (tertiary/aromatic N) is 4. The first kappa shape index (κ1) is 21.1. The molecule has 4 nitrogen and oxygen atoms in total. The van der Waals surface area contributed by atoms with E-state index in [2.05, 4.69) is 42.2 Å². The van der Waals surface area contributed by atoms with Gasteiger partial charge >= 0.3 is 0 Å². The van der Waals surface area contributed by atoms with Gasteiger partial charge in [-0.3, -0.25) is 4.90 Å². The fourth-order valence-electron chi connectivity index (χ4n) is 2.66. The SMILES string of the molecule is CC.CC.CCC1CCN(Cn2cc(CC(C)C)nn2)CC1. The maximum Gasteiger partial charge on any atom is 0.0946 e. The maximum atomic E-state index is 4.24. The van der Waals surface area contributed by atoms with Crippen molar-refractivity contribution in [2.24, 2.45) is 11.8 Å². The standard InChI is InChI=1S/C14H26N4.2C2H6/c1-4-13-5-7-17(8-6-13)11-18-10-14(15-16-18)9-12(2)3;2*1-2/h10,12-13H,4-9,11H2,1-3H3;2*1-2H3. The summed E-state index contributed by atoms with van der Waals surface area (Å²) in [5.74, 6) is 1.59. The molecule has 0 bridgehead atoms. The van der Waals surface area contributed by atoms with Gasteiger partial charge in [-0.05, 0) is 31.1 Å². The van der Waals surface area contributed by atoms with E-state index >= 15 is 0 Å². The molecule has 0 unspecified atom stereocenters. The average Bonchev–Trinajstić information content (AvgIpc) is 2.98. The summed E-state index contributed by atoms with van der Waals surface area (Å²) in [6.45, 7) is 18.1. The second kappa shape index (κ2) is 12.6. The third-order valence-electron chi connectivity index (χ3n) is 3.83. The van der Waals surface area contributed by atoms with Gasteiger partial charge in [0.05, 0.1) is 12.4 Å². The first-order valence-corrected chi connectivity index (χ1v) is 9.28. The number of hydrogen-bond acceptors (Lipinski definition) is 3. The van der Waals surface area contributed by atoms with E-state index in [1.54, 1.807) is 0 Å². The number of aromatic nitrogens is 3. The zero-order valence-electron chi connectivity index (χ0n) is 16.0. The lowest BCUT2D eigenvalue weighted by molar-refractivity contribution is 0.138. The highest BCUT2D eigenvalue weighted by Crippen LogP contribution is 2.20. The molecule has 130 valence electrons. The molecule has 2 heterocycles. The molecule has 1 aromatic heterocycles. The molecule has 1 aliphatic heterocycles. The Morgan fingerprint density at radius 2 is 1.73 bits per heavy atom. The summed E-state index contributed by atoms with van der Waals surface area (Å²) in [7, 11) is 0. The molecule has 0 atom stereocenters. The average molecular weight is 311 g/mol. The van der Waals surface area contributed by atoms with Crippen LogP contribution in [-0.2, 0) is 13.1 Å². The van der Waals surface area contributed by atoms with Gasteiger partial charge in [0.25, 0.3) is 0 Å². The van der Waals surface area contributed by atoms with Gasteiger partial charge in [-0.15, -0.1) is 5.10 Å². The summed E-state index contributed by atoms with van der Waals surface area (Å²) >= 11 is 0. The predicted molar refractivity (Wildman–Crippen MR) is 95.8 cm³/mol. The zero-order chi connectivity index (χ0) is 17.0. The van der Waals surface area contributed by atoms with Crippen LogP contribution in [-0.4, -0.2) is 33.0 Å². The lowest BCUT2D eigenvalue weighted by atomic mass is 9.95. The quantitative estimate of drug-likeness (QED) is 0.796. The van der Waals surface area contributed by atoms with Crippen LogP contribution in [0.2, 0.25) is 0 Å². The fourth-order valence-corrected chi connectivity index (χ4v) is 2.66. The third-order valence-corrected chi connectivity index (χ3v) is 3.83. The van der Waals surface area contributed by atoms with Crippen LogP contribution in [0.25, 0.3) is 0 Å². The highest BCUT2D eigenvalue weighted by atomic mass is 15.5. The first-order chi connectivity index (χ1) is 10.7. The van der Waals surface area contributed by atoms with Crippen LogP contribution in [0.15, 0.2) is 6.20 Å². The van der Waals surface area contributed by atoms with E-state index in [9.17, 15) is 0 Å². The van der Waals surface area contributed by atoms with Crippen molar-refractivity contribution in [3.63, 3.8) is 0 Å². The minimum atomic E-state index is 0.649. The van der Waals surface area contributed by atoms with Crippen LogP contribution in [0.4, 0.5) is 0 Å². The van der Waals surface area contributed by atoms with E-state index in [1.807, 2.05) is 32.4 Å². The van der Waals surface area contributed by atoms with Gasteiger partial charge in [0, 0.05) is 19.3 Å². The topological polar surface area (TPSA) is 34.0 Å². The van der Waals surface area contributed by atoms with Gasteiger partial charge in [0.2, 0.25) is 0 Å². The molecule has 1 saturated heterocycles. The molecule has 0 N–H and O–H groups in total. The molecule has 0 amide bonds. The highest BCUT2D eigenvalue weighted by molar-refractivity contribution is 4.93. The number of rotatable bonds is 5. The van der Waals surface area contributed by atoms with Crippen LogP contribution < -0.4 is 0 Å². The number of likely N-dealkylation sites (tertiary alicyclic amines) is 1. The van der Waals surface area contributed by atoms with Crippen LogP contribution in [0, 0.1) is 11.8 Å². The van der Waals surface area contributed by atoms with E-state index in [0.717, 1.165) is 24.7 Å². The molecule has 0 radical (unpaired) electrons. The van der Waals surface area contributed by atoms with E-state index in [-0.39, 0.29) is 0 Å². The lowest BCUT2D eigenvalue weighted by Gasteiger charge is -2.30. The number of piperidine rings is 1. The van der Waals surface area contributed by atoms with Crippen molar-refractivity contribution in [1.82, 2.24) is 19.9 Å². The molecule has 0 aliphatic carbocycles. The monoisotopic (exact) mass is 310 g/mol. The molecule has 1 aliphatic rings. The molecule has 0 saturated carbocycles. The van der Waals surface area contributed by atoms with Crippen molar-refractivity contribution in [3.8, 4) is 0 Å². The van der Waals surface area contributed by atoms with Crippen LogP contribution in [0.5, 0.6) is 0 Å². The van der Waals surface area contributed by atoms with Crippen molar-refractivity contribution in [2.75, 3.05) is 13.1 Å². The summed E-state index contributed by atoms with van der Waals surface area (Å²) in [6.07, 6.45) is 7.13. The zero-order valence-corrected chi connectivity index (χ0v) is 16.0. The molecule has 0 spiro atoms. The summed E-state index contributed by atoms with van der Waals surface area (Å²) in [5, 5.41) is 8.47. The van der Waals surface area contributed by atoms with Gasteiger partial charge in [-0.1, -0.05) is 60.1 Å². The second-order valence-electron chi connectivity index (χ2n) is 5.96. The van der Waals surface area contributed by atoms with Gasteiger partial charge in [0.15, 0.2) is 0 Å². The van der Waals surface area contributed by atoms with E-state index in [1.165, 1.54) is 32.4 Å². The Bertz CT molecular complexity index is 352. The lowest BCUT2D eigenvalue weighted by Crippen LogP contribution is -2.35. The molecule has 1 fully saturated rings. The second-order valence-corrected chi connectivity index (χ2v) is 5.96. The smallest absolute Gasteiger partial charge is 0.0946 e. The Hall–Kier alpha value is -0.900. The van der Waals surface area contributed by atoms with Crippen LogP contribution in [0.1, 0.15) is 73.4 Å². The van der Waals surface area contributed by atoms with Crippen LogP contribution >= 0.6 is 0 Å². The van der Waals surface area contributed by atoms with Gasteiger partial charge in [0.1, 0.15) is 0 Å².